The molecule has 1 N–H and O–H groups in total. The van der Waals surface area contributed by atoms with E-state index in [1.54, 1.807) is 11.3 Å². The summed E-state index contributed by atoms with van der Waals surface area (Å²) in [4.78, 5) is 19.9. The average Bonchev–Trinajstić information content (AvgIpc) is 3.31. The molecule has 0 spiro atoms. The number of carbonyl (C=O) groups excluding carboxylic acids is 1. The Balaban J connectivity index is 1.27. The Kier molecular flexibility index (Phi) is 4.24. The van der Waals surface area contributed by atoms with Crippen molar-refractivity contribution in [3.05, 3.63) is 28.8 Å². The summed E-state index contributed by atoms with van der Waals surface area (Å²) in [5.41, 5.74) is 1.82. The van der Waals surface area contributed by atoms with Crippen LogP contribution in [0.3, 0.4) is 0 Å². The van der Waals surface area contributed by atoms with Gasteiger partial charge in [-0.05, 0) is 70.2 Å². The fraction of sp³-hybridized carbons (Fsp3) is 0.619. The molecule has 0 unspecified atom stereocenters. The first kappa shape index (κ1) is 16.7. The van der Waals surface area contributed by atoms with Crippen molar-refractivity contribution in [3.63, 3.8) is 0 Å². The van der Waals surface area contributed by atoms with E-state index in [0.29, 0.717) is 12.0 Å². The third-order valence-corrected chi connectivity index (χ3v) is 7.55. The van der Waals surface area contributed by atoms with Crippen LogP contribution in [0, 0.1) is 0 Å². The minimum Gasteiger partial charge on any atom is -0.349 e. The van der Waals surface area contributed by atoms with Crippen molar-refractivity contribution in [1.82, 2.24) is 15.2 Å². The third kappa shape index (κ3) is 3.16. The molecule has 5 rings (SSSR count). The minimum absolute atomic E-state index is 0.0622. The molecule has 1 aromatic carbocycles. The summed E-state index contributed by atoms with van der Waals surface area (Å²) in [5.74, 6) is 0.669. The van der Waals surface area contributed by atoms with E-state index in [-0.39, 0.29) is 5.91 Å². The maximum absolute atomic E-state index is 12.3. The number of thiazole rings is 1. The molecule has 2 aliphatic carbocycles. The molecule has 138 valence electrons. The lowest BCUT2D eigenvalue weighted by Gasteiger charge is -2.47. The highest BCUT2D eigenvalue weighted by atomic mass is 32.1. The van der Waals surface area contributed by atoms with Gasteiger partial charge in [-0.15, -0.1) is 11.3 Å². The van der Waals surface area contributed by atoms with Gasteiger partial charge in [0.25, 0.3) is 5.91 Å². The van der Waals surface area contributed by atoms with E-state index in [4.69, 9.17) is 4.98 Å². The van der Waals surface area contributed by atoms with Crippen LogP contribution in [0.25, 0.3) is 10.2 Å². The summed E-state index contributed by atoms with van der Waals surface area (Å²) in [7, 11) is 0. The SMILES string of the molecule is C[C@H]1CCCCN1[C@H]1C[C@H](c2nc3ccc(C(=O)NC4CC4)cc3s2)C1. The summed E-state index contributed by atoms with van der Waals surface area (Å²) < 4.78 is 1.15. The number of nitrogens with one attached hydrogen (secondary N) is 1. The molecular formula is C21H27N3OS. The molecule has 3 aliphatic rings. The standard InChI is InChI=1S/C21H27N3OS/c1-13-4-2-3-9-24(13)17-10-15(11-17)21-23-18-8-5-14(12-19(18)26-21)20(25)22-16-6-7-16/h5,8,12-13,15-17H,2-4,6-7,9-11H2,1H3,(H,22,25)/t13-,15-,17-/m0/s1. The first-order valence-electron chi connectivity index (χ1n) is 10.1. The van der Waals surface area contributed by atoms with E-state index < -0.39 is 0 Å². The van der Waals surface area contributed by atoms with Crippen LogP contribution in [0.2, 0.25) is 0 Å². The van der Waals surface area contributed by atoms with Gasteiger partial charge in [-0.1, -0.05) is 6.42 Å². The molecule has 4 nitrogen and oxygen atoms in total. The first-order chi connectivity index (χ1) is 12.7. The average molecular weight is 370 g/mol. The number of amides is 1. The molecule has 2 heterocycles. The zero-order valence-corrected chi connectivity index (χ0v) is 16.2. The van der Waals surface area contributed by atoms with Crippen LogP contribution >= 0.6 is 11.3 Å². The molecule has 1 aromatic heterocycles. The van der Waals surface area contributed by atoms with Crippen molar-refractivity contribution in [1.29, 1.82) is 0 Å². The number of rotatable bonds is 4. The predicted octanol–water partition coefficient (Wildman–Crippen LogP) is 4.31. The van der Waals surface area contributed by atoms with E-state index in [2.05, 4.69) is 17.1 Å². The Labute approximate surface area is 159 Å². The molecule has 1 saturated heterocycles. The first-order valence-corrected chi connectivity index (χ1v) is 11.0. The molecule has 1 amide bonds. The summed E-state index contributed by atoms with van der Waals surface area (Å²) >= 11 is 1.79. The van der Waals surface area contributed by atoms with Crippen LogP contribution in [0.5, 0.6) is 0 Å². The Bertz CT molecular complexity index is 822. The quantitative estimate of drug-likeness (QED) is 0.873. The summed E-state index contributed by atoms with van der Waals surface area (Å²) in [6, 6.07) is 7.86. The fourth-order valence-corrected chi connectivity index (χ4v) is 5.61. The van der Waals surface area contributed by atoms with Gasteiger partial charge < -0.3 is 5.32 Å². The van der Waals surface area contributed by atoms with Gasteiger partial charge in [-0.2, -0.15) is 0 Å². The molecular weight excluding hydrogens is 342 g/mol. The maximum Gasteiger partial charge on any atom is 0.251 e. The van der Waals surface area contributed by atoms with E-state index in [1.807, 2.05) is 18.2 Å². The highest BCUT2D eigenvalue weighted by Gasteiger charge is 2.38. The number of piperidine rings is 1. The van der Waals surface area contributed by atoms with Gasteiger partial charge in [-0.3, -0.25) is 9.69 Å². The Morgan fingerprint density at radius 2 is 2.08 bits per heavy atom. The zero-order valence-electron chi connectivity index (χ0n) is 15.4. The molecule has 0 radical (unpaired) electrons. The lowest BCUT2D eigenvalue weighted by molar-refractivity contribution is 0.0480. The Hall–Kier alpha value is -1.46. The molecule has 0 bridgehead atoms. The minimum atomic E-state index is 0.0622. The molecule has 3 fully saturated rings. The Morgan fingerprint density at radius 3 is 2.85 bits per heavy atom. The summed E-state index contributed by atoms with van der Waals surface area (Å²) in [6.07, 6.45) is 8.85. The van der Waals surface area contributed by atoms with Crippen molar-refractivity contribution >= 4 is 27.5 Å². The van der Waals surface area contributed by atoms with Crippen LogP contribution in [-0.4, -0.2) is 40.5 Å². The van der Waals surface area contributed by atoms with Gasteiger partial charge in [0.15, 0.2) is 0 Å². The normalized spacial score (nSPS) is 29.5. The van der Waals surface area contributed by atoms with E-state index in [9.17, 15) is 4.79 Å². The summed E-state index contributed by atoms with van der Waals surface area (Å²) in [6.45, 7) is 3.66. The van der Waals surface area contributed by atoms with Crippen LogP contribution in [0.15, 0.2) is 18.2 Å². The molecule has 2 saturated carbocycles. The topological polar surface area (TPSA) is 45.2 Å². The highest BCUT2D eigenvalue weighted by Crippen LogP contribution is 2.44. The number of hydrogen-bond acceptors (Lipinski definition) is 4. The molecule has 1 atom stereocenters. The molecule has 2 aromatic rings. The van der Waals surface area contributed by atoms with E-state index in [0.717, 1.165) is 40.7 Å². The largest absolute Gasteiger partial charge is 0.349 e. The maximum atomic E-state index is 12.3. The van der Waals surface area contributed by atoms with Gasteiger partial charge in [0.05, 0.1) is 15.2 Å². The van der Waals surface area contributed by atoms with Crippen LogP contribution < -0.4 is 5.32 Å². The number of hydrogen-bond donors (Lipinski definition) is 1. The van der Waals surface area contributed by atoms with Crippen LogP contribution in [0.4, 0.5) is 0 Å². The predicted molar refractivity (Wildman–Crippen MR) is 106 cm³/mol. The van der Waals surface area contributed by atoms with Gasteiger partial charge in [0, 0.05) is 29.6 Å². The van der Waals surface area contributed by atoms with Gasteiger partial charge in [0.2, 0.25) is 0 Å². The number of carbonyl (C=O) groups is 1. The second-order valence-corrected chi connectivity index (χ2v) is 9.45. The second kappa shape index (κ2) is 6.61. The van der Waals surface area contributed by atoms with Crippen molar-refractivity contribution < 1.29 is 4.79 Å². The number of likely N-dealkylation sites (tertiary alicyclic amines) is 1. The second-order valence-electron chi connectivity index (χ2n) is 8.39. The van der Waals surface area contributed by atoms with Gasteiger partial charge in [-0.25, -0.2) is 4.98 Å². The van der Waals surface area contributed by atoms with Crippen LogP contribution in [0.1, 0.15) is 73.2 Å². The van der Waals surface area contributed by atoms with E-state index in [1.165, 1.54) is 43.7 Å². The Morgan fingerprint density at radius 1 is 1.23 bits per heavy atom. The van der Waals surface area contributed by atoms with Gasteiger partial charge >= 0.3 is 0 Å². The van der Waals surface area contributed by atoms with Crippen molar-refractivity contribution in [2.24, 2.45) is 0 Å². The zero-order chi connectivity index (χ0) is 17.7. The lowest BCUT2D eigenvalue weighted by Crippen LogP contribution is -2.50. The summed E-state index contributed by atoms with van der Waals surface area (Å²) in [5, 5.41) is 4.34. The number of benzene rings is 1. The van der Waals surface area contributed by atoms with Crippen molar-refractivity contribution in [3.8, 4) is 0 Å². The lowest BCUT2D eigenvalue weighted by atomic mass is 9.78. The number of aromatic nitrogens is 1. The molecule has 1 aliphatic heterocycles. The van der Waals surface area contributed by atoms with Crippen molar-refractivity contribution in [2.45, 2.75) is 75.9 Å². The monoisotopic (exact) mass is 369 g/mol. The van der Waals surface area contributed by atoms with E-state index >= 15 is 0 Å². The van der Waals surface area contributed by atoms with Crippen LogP contribution in [-0.2, 0) is 0 Å². The van der Waals surface area contributed by atoms with Crippen molar-refractivity contribution in [2.75, 3.05) is 6.54 Å². The molecule has 26 heavy (non-hydrogen) atoms. The fourth-order valence-electron chi connectivity index (χ4n) is 4.48. The number of nitrogens with zero attached hydrogens (tertiary/aromatic N) is 2. The molecule has 5 heteroatoms. The highest BCUT2D eigenvalue weighted by molar-refractivity contribution is 7.18. The van der Waals surface area contributed by atoms with Gasteiger partial charge in [0.1, 0.15) is 0 Å². The third-order valence-electron chi connectivity index (χ3n) is 6.37. The number of fused-ring (bicyclic) bond motifs is 1. The smallest absolute Gasteiger partial charge is 0.251 e.